The number of Topliss-reactive ketones (excluding diaryl/α,β-unsaturated/α-hetero) is 2. The summed E-state index contributed by atoms with van der Waals surface area (Å²) in [5, 5.41) is 15.0. The zero-order valence-corrected chi connectivity index (χ0v) is 12.7. The Morgan fingerprint density at radius 2 is 2.00 bits per heavy atom. The number of hydrogen-bond donors (Lipinski definition) is 2. The van der Waals surface area contributed by atoms with Crippen molar-refractivity contribution in [1.82, 2.24) is 25.6 Å². The van der Waals surface area contributed by atoms with E-state index in [1.165, 1.54) is 11.3 Å². The predicted octanol–water partition coefficient (Wildman–Crippen LogP) is 0.824. The van der Waals surface area contributed by atoms with E-state index in [0.717, 1.165) is 10.6 Å². The molecule has 3 N–H and O–H groups in total. The minimum absolute atomic E-state index is 0.0778. The molecule has 2 aromatic heterocycles. The number of benzene rings is 1. The fraction of sp³-hybridized carbons (Fsp3) is 0.143. The van der Waals surface area contributed by atoms with E-state index in [-0.39, 0.29) is 12.2 Å². The molecule has 116 valence electrons. The number of thiazole rings is 1. The number of rotatable bonds is 6. The number of hydrogen-bond acceptors (Lipinski definition) is 8. The number of nitrogens with zero attached hydrogens (tertiary/aromatic N) is 4. The fourth-order valence-electron chi connectivity index (χ4n) is 1.95. The minimum Gasteiger partial charge on any atom is -0.399 e. The van der Waals surface area contributed by atoms with Crippen LogP contribution in [0.3, 0.4) is 0 Å². The summed E-state index contributed by atoms with van der Waals surface area (Å²) < 4.78 is 0. The van der Waals surface area contributed by atoms with Gasteiger partial charge in [-0.2, -0.15) is 5.21 Å². The van der Waals surface area contributed by atoms with Crippen LogP contribution in [0.15, 0.2) is 29.6 Å². The molecule has 3 aromatic rings. The first-order valence-corrected chi connectivity index (χ1v) is 7.58. The highest BCUT2D eigenvalue weighted by atomic mass is 32.1. The minimum atomic E-state index is -0.771. The molecule has 0 saturated carbocycles. The van der Waals surface area contributed by atoms with Gasteiger partial charge in [0.25, 0.3) is 5.78 Å². The molecule has 0 radical (unpaired) electrons. The molecular weight excluding hydrogens is 316 g/mol. The lowest BCUT2D eigenvalue weighted by atomic mass is 10.1. The van der Waals surface area contributed by atoms with Crippen molar-refractivity contribution in [3.05, 3.63) is 51.7 Å². The Morgan fingerprint density at radius 1 is 1.22 bits per heavy atom. The second-order valence-electron chi connectivity index (χ2n) is 4.82. The summed E-state index contributed by atoms with van der Waals surface area (Å²) in [5.74, 6) is -1.62. The quantitative estimate of drug-likeness (QED) is 0.389. The SMILES string of the molecule is Nc1ccc(Cc2nc(CC(=O)C(=O)c3nn[nH]n3)cs2)cc1. The summed E-state index contributed by atoms with van der Waals surface area (Å²) in [6.45, 7) is 0. The molecule has 0 aliphatic heterocycles. The average Bonchev–Trinajstić information content (AvgIpc) is 3.21. The smallest absolute Gasteiger partial charge is 0.269 e. The number of carbonyl (C=O) groups is 2. The maximum absolute atomic E-state index is 11.9. The number of tetrazole rings is 1. The van der Waals surface area contributed by atoms with E-state index >= 15 is 0 Å². The van der Waals surface area contributed by atoms with Gasteiger partial charge in [-0.3, -0.25) is 9.59 Å². The number of nitrogen functional groups attached to an aromatic ring is 1. The lowest BCUT2D eigenvalue weighted by Crippen LogP contribution is -2.18. The summed E-state index contributed by atoms with van der Waals surface area (Å²) in [6.07, 6.45) is 0.573. The zero-order chi connectivity index (χ0) is 16.2. The van der Waals surface area contributed by atoms with E-state index in [1.807, 2.05) is 24.3 Å². The molecule has 0 atom stereocenters. The van der Waals surface area contributed by atoms with Crippen molar-refractivity contribution < 1.29 is 9.59 Å². The number of H-pyrrole nitrogens is 1. The van der Waals surface area contributed by atoms with Crippen LogP contribution in [-0.2, 0) is 17.6 Å². The molecule has 8 nitrogen and oxygen atoms in total. The van der Waals surface area contributed by atoms with Crippen molar-refractivity contribution in [2.24, 2.45) is 0 Å². The van der Waals surface area contributed by atoms with Gasteiger partial charge in [0.15, 0.2) is 0 Å². The average molecular weight is 328 g/mol. The Bertz CT molecular complexity index is 825. The highest BCUT2D eigenvalue weighted by molar-refractivity contribution is 7.09. The topological polar surface area (TPSA) is 128 Å². The summed E-state index contributed by atoms with van der Waals surface area (Å²) >= 11 is 1.44. The zero-order valence-electron chi connectivity index (χ0n) is 11.9. The highest BCUT2D eigenvalue weighted by Gasteiger charge is 2.21. The van der Waals surface area contributed by atoms with E-state index in [4.69, 9.17) is 5.73 Å². The van der Waals surface area contributed by atoms with Crippen LogP contribution in [0.4, 0.5) is 5.69 Å². The van der Waals surface area contributed by atoms with E-state index in [1.54, 1.807) is 5.38 Å². The summed E-state index contributed by atoms with van der Waals surface area (Å²) in [4.78, 5) is 28.0. The number of anilines is 1. The lowest BCUT2D eigenvalue weighted by molar-refractivity contribution is -0.114. The molecule has 23 heavy (non-hydrogen) atoms. The summed E-state index contributed by atoms with van der Waals surface area (Å²) in [6, 6.07) is 7.52. The number of aromatic nitrogens is 5. The Hall–Kier alpha value is -2.94. The molecule has 0 aliphatic carbocycles. The van der Waals surface area contributed by atoms with Gasteiger partial charge < -0.3 is 5.73 Å². The third-order valence-electron chi connectivity index (χ3n) is 3.08. The van der Waals surface area contributed by atoms with Crippen molar-refractivity contribution in [1.29, 1.82) is 0 Å². The fourth-order valence-corrected chi connectivity index (χ4v) is 2.78. The summed E-state index contributed by atoms with van der Waals surface area (Å²) in [7, 11) is 0. The second-order valence-corrected chi connectivity index (χ2v) is 5.76. The first-order valence-electron chi connectivity index (χ1n) is 6.70. The molecule has 0 fully saturated rings. The predicted molar refractivity (Wildman–Crippen MR) is 83.0 cm³/mol. The number of ketones is 2. The molecule has 0 amide bonds. The number of aromatic amines is 1. The number of nitrogens with two attached hydrogens (primary N) is 1. The van der Waals surface area contributed by atoms with Crippen LogP contribution < -0.4 is 5.73 Å². The van der Waals surface area contributed by atoms with Crippen molar-refractivity contribution >= 4 is 28.6 Å². The van der Waals surface area contributed by atoms with Crippen LogP contribution in [-0.4, -0.2) is 37.2 Å². The van der Waals surface area contributed by atoms with Crippen LogP contribution in [0.1, 0.15) is 26.9 Å². The van der Waals surface area contributed by atoms with Crippen molar-refractivity contribution in [3.8, 4) is 0 Å². The Balaban J connectivity index is 1.64. The maximum Gasteiger partial charge on any atom is 0.269 e. The molecule has 0 bridgehead atoms. The van der Waals surface area contributed by atoms with Crippen LogP contribution >= 0.6 is 11.3 Å². The molecule has 0 spiro atoms. The third-order valence-corrected chi connectivity index (χ3v) is 3.98. The molecule has 1 aromatic carbocycles. The molecule has 0 saturated heterocycles. The van der Waals surface area contributed by atoms with E-state index in [2.05, 4.69) is 25.6 Å². The van der Waals surface area contributed by atoms with Crippen molar-refractivity contribution in [2.75, 3.05) is 5.73 Å². The summed E-state index contributed by atoms with van der Waals surface area (Å²) in [5.41, 5.74) is 7.99. The van der Waals surface area contributed by atoms with Crippen LogP contribution in [0.25, 0.3) is 0 Å². The lowest BCUT2D eigenvalue weighted by Gasteiger charge is -1.98. The molecule has 0 unspecified atom stereocenters. The molecule has 2 heterocycles. The maximum atomic E-state index is 11.9. The highest BCUT2D eigenvalue weighted by Crippen LogP contribution is 2.16. The second kappa shape index (κ2) is 6.44. The van der Waals surface area contributed by atoms with Crippen LogP contribution in [0, 0.1) is 0 Å². The largest absolute Gasteiger partial charge is 0.399 e. The van der Waals surface area contributed by atoms with Gasteiger partial charge in [0, 0.05) is 17.5 Å². The Labute approximate surface area is 134 Å². The van der Waals surface area contributed by atoms with Gasteiger partial charge in [-0.05, 0) is 22.9 Å². The Kier molecular flexibility index (Phi) is 4.20. The van der Waals surface area contributed by atoms with Gasteiger partial charge in [0.1, 0.15) is 0 Å². The number of nitrogens with one attached hydrogen (secondary N) is 1. The molecule has 0 aliphatic rings. The first kappa shape index (κ1) is 15.0. The number of carbonyl (C=O) groups excluding carboxylic acids is 2. The van der Waals surface area contributed by atoms with Gasteiger partial charge >= 0.3 is 0 Å². The molecule has 9 heteroatoms. The van der Waals surface area contributed by atoms with Gasteiger partial charge in [0.2, 0.25) is 11.6 Å². The normalized spacial score (nSPS) is 10.6. The molecule has 3 rings (SSSR count). The van der Waals surface area contributed by atoms with Gasteiger partial charge in [0.05, 0.1) is 17.1 Å². The van der Waals surface area contributed by atoms with Crippen molar-refractivity contribution in [3.63, 3.8) is 0 Å². The van der Waals surface area contributed by atoms with Gasteiger partial charge in [-0.1, -0.05) is 12.1 Å². The van der Waals surface area contributed by atoms with E-state index in [0.29, 0.717) is 17.8 Å². The monoisotopic (exact) mass is 328 g/mol. The van der Waals surface area contributed by atoms with E-state index < -0.39 is 11.6 Å². The molecular formula is C14H12N6O2S. The van der Waals surface area contributed by atoms with Crippen LogP contribution in [0.2, 0.25) is 0 Å². The standard InChI is InChI=1S/C14H12N6O2S/c15-9-3-1-8(2-4-9)5-12-16-10(7-23-12)6-11(21)13(22)14-17-19-20-18-14/h1-4,7H,5-6,15H2,(H,17,18,19,20). The Morgan fingerprint density at radius 3 is 2.70 bits per heavy atom. The third kappa shape index (κ3) is 3.64. The first-order chi connectivity index (χ1) is 11.1. The van der Waals surface area contributed by atoms with Gasteiger partial charge in [-0.25, -0.2) is 4.98 Å². The van der Waals surface area contributed by atoms with E-state index in [9.17, 15) is 9.59 Å². The van der Waals surface area contributed by atoms with Crippen LogP contribution in [0.5, 0.6) is 0 Å². The van der Waals surface area contributed by atoms with Crippen molar-refractivity contribution in [2.45, 2.75) is 12.8 Å². The van der Waals surface area contributed by atoms with Gasteiger partial charge in [-0.15, -0.1) is 21.5 Å².